The van der Waals surface area contributed by atoms with E-state index in [0.29, 0.717) is 24.2 Å². The minimum absolute atomic E-state index is 0.0309. The van der Waals surface area contributed by atoms with Crippen molar-refractivity contribution in [3.8, 4) is 0 Å². The second-order valence-corrected chi connectivity index (χ2v) is 5.21. The van der Waals surface area contributed by atoms with E-state index in [1.165, 1.54) is 6.42 Å². The fourth-order valence-electron chi connectivity index (χ4n) is 2.69. The first-order chi connectivity index (χ1) is 7.25. The quantitative estimate of drug-likeness (QED) is 0.701. The molecule has 1 heterocycles. The molecule has 1 unspecified atom stereocenters. The van der Waals surface area contributed by atoms with E-state index in [2.05, 4.69) is 0 Å². The maximum atomic E-state index is 12.0. The Hall–Kier alpha value is -0.860. The topological polar surface area (TPSA) is 37.4 Å². The predicted octanol–water partition coefficient (Wildman–Crippen LogP) is 1.37. The van der Waals surface area contributed by atoms with E-state index in [0.717, 1.165) is 32.2 Å². The first-order valence-corrected chi connectivity index (χ1v) is 6.09. The highest BCUT2D eigenvalue weighted by Crippen LogP contribution is 2.36. The van der Waals surface area contributed by atoms with Gasteiger partial charge in [0.05, 0.1) is 0 Å². The van der Waals surface area contributed by atoms with Crippen LogP contribution in [0, 0.1) is 11.8 Å². The van der Waals surface area contributed by atoms with Gasteiger partial charge in [-0.25, -0.2) is 0 Å². The standard InChI is InChI=1S/C12H17NO2/c14-11-6-9(7-13(11)10-4-5-10)12(15)8-2-1-3-8/h8-10H,1-7H2. The van der Waals surface area contributed by atoms with Crippen molar-refractivity contribution in [2.24, 2.45) is 11.8 Å². The number of carbonyl (C=O) groups is 2. The highest BCUT2D eigenvalue weighted by molar-refractivity contribution is 5.92. The van der Waals surface area contributed by atoms with Crippen LogP contribution < -0.4 is 0 Å². The smallest absolute Gasteiger partial charge is 0.223 e. The van der Waals surface area contributed by atoms with E-state index in [4.69, 9.17) is 0 Å². The number of Topliss-reactive ketones (excluding diaryl/α,β-unsaturated/α-hetero) is 1. The largest absolute Gasteiger partial charge is 0.339 e. The average molecular weight is 207 g/mol. The summed E-state index contributed by atoms with van der Waals surface area (Å²) in [4.78, 5) is 25.6. The van der Waals surface area contributed by atoms with E-state index < -0.39 is 0 Å². The molecular weight excluding hydrogens is 190 g/mol. The normalized spacial score (nSPS) is 31.9. The summed E-state index contributed by atoms with van der Waals surface area (Å²) < 4.78 is 0. The Kier molecular flexibility index (Phi) is 2.08. The number of amides is 1. The van der Waals surface area contributed by atoms with Gasteiger partial charge in [-0.05, 0) is 25.7 Å². The molecule has 3 aliphatic rings. The van der Waals surface area contributed by atoms with Crippen LogP contribution in [0.4, 0.5) is 0 Å². The first-order valence-electron chi connectivity index (χ1n) is 6.09. The van der Waals surface area contributed by atoms with Crippen molar-refractivity contribution >= 4 is 11.7 Å². The molecular formula is C12H17NO2. The Morgan fingerprint density at radius 2 is 1.87 bits per heavy atom. The Morgan fingerprint density at radius 1 is 1.13 bits per heavy atom. The molecule has 0 aromatic rings. The zero-order valence-electron chi connectivity index (χ0n) is 8.95. The summed E-state index contributed by atoms with van der Waals surface area (Å²) in [7, 11) is 0. The molecule has 82 valence electrons. The number of ketones is 1. The van der Waals surface area contributed by atoms with Gasteiger partial charge in [0.25, 0.3) is 0 Å². The van der Waals surface area contributed by atoms with Crippen molar-refractivity contribution in [1.82, 2.24) is 4.90 Å². The number of rotatable bonds is 3. The minimum Gasteiger partial charge on any atom is -0.339 e. The van der Waals surface area contributed by atoms with Gasteiger partial charge in [-0.15, -0.1) is 0 Å². The molecule has 0 aromatic carbocycles. The van der Waals surface area contributed by atoms with Crippen LogP contribution in [0.2, 0.25) is 0 Å². The number of hydrogen-bond acceptors (Lipinski definition) is 2. The summed E-state index contributed by atoms with van der Waals surface area (Å²) in [6.07, 6.45) is 6.11. The van der Waals surface area contributed by atoms with Crippen molar-refractivity contribution in [2.45, 2.75) is 44.6 Å². The van der Waals surface area contributed by atoms with Gasteiger partial charge in [0.15, 0.2) is 0 Å². The lowest BCUT2D eigenvalue weighted by Crippen LogP contribution is -2.32. The minimum atomic E-state index is 0.0309. The third kappa shape index (κ3) is 1.58. The molecule has 2 saturated carbocycles. The van der Waals surface area contributed by atoms with Gasteiger partial charge in [0, 0.05) is 30.8 Å². The van der Waals surface area contributed by atoms with Crippen molar-refractivity contribution in [1.29, 1.82) is 0 Å². The Morgan fingerprint density at radius 3 is 2.40 bits per heavy atom. The molecule has 0 N–H and O–H groups in total. The van der Waals surface area contributed by atoms with E-state index in [9.17, 15) is 9.59 Å². The van der Waals surface area contributed by atoms with Gasteiger partial charge in [-0.2, -0.15) is 0 Å². The van der Waals surface area contributed by atoms with Gasteiger partial charge < -0.3 is 4.90 Å². The molecule has 3 nitrogen and oxygen atoms in total. The Balaban J connectivity index is 1.63. The highest BCUT2D eigenvalue weighted by atomic mass is 16.2. The lowest BCUT2D eigenvalue weighted by molar-refractivity contribution is -0.130. The van der Waals surface area contributed by atoms with Crippen molar-refractivity contribution in [3.05, 3.63) is 0 Å². The summed E-state index contributed by atoms with van der Waals surface area (Å²) in [5.74, 6) is 0.915. The molecule has 0 aromatic heterocycles. The maximum Gasteiger partial charge on any atom is 0.223 e. The lowest BCUT2D eigenvalue weighted by atomic mass is 9.77. The summed E-state index contributed by atoms with van der Waals surface area (Å²) in [5.41, 5.74) is 0. The Bertz CT molecular complexity index is 305. The lowest BCUT2D eigenvalue weighted by Gasteiger charge is -2.26. The van der Waals surface area contributed by atoms with Gasteiger partial charge in [-0.3, -0.25) is 9.59 Å². The molecule has 0 bridgehead atoms. The SMILES string of the molecule is O=C(C1CCC1)C1CC(=O)N(C2CC2)C1. The average Bonchev–Trinajstić information content (AvgIpc) is 2.87. The van der Waals surface area contributed by atoms with Crippen molar-refractivity contribution < 1.29 is 9.59 Å². The number of carbonyl (C=O) groups excluding carboxylic acids is 2. The highest BCUT2D eigenvalue weighted by Gasteiger charge is 2.43. The maximum absolute atomic E-state index is 12.0. The van der Waals surface area contributed by atoms with Gasteiger partial charge in [-0.1, -0.05) is 6.42 Å². The zero-order valence-corrected chi connectivity index (χ0v) is 8.95. The number of likely N-dealkylation sites (tertiary alicyclic amines) is 1. The van der Waals surface area contributed by atoms with Crippen LogP contribution in [0.3, 0.4) is 0 Å². The van der Waals surface area contributed by atoms with E-state index in [-0.39, 0.29) is 11.8 Å². The van der Waals surface area contributed by atoms with Crippen LogP contribution in [0.25, 0.3) is 0 Å². The second-order valence-electron chi connectivity index (χ2n) is 5.21. The summed E-state index contributed by atoms with van der Waals surface area (Å²) in [5, 5.41) is 0. The molecule has 3 rings (SSSR count). The van der Waals surface area contributed by atoms with E-state index >= 15 is 0 Å². The van der Waals surface area contributed by atoms with Gasteiger partial charge >= 0.3 is 0 Å². The molecule has 1 aliphatic heterocycles. The molecule has 1 saturated heterocycles. The molecule has 0 radical (unpaired) electrons. The van der Waals surface area contributed by atoms with Gasteiger partial charge in [0.1, 0.15) is 5.78 Å². The summed E-state index contributed by atoms with van der Waals surface area (Å²) in [6, 6.07) is 0.483. The van der Waals surface area contributed by atoms with Crippen LogP contribution in [0.1, 0.15) is 38.5 Å². The zero-order chi connectivity index (χ0) is 10.4. The fraction of sp³-hybridized carbons (Fsp3) is 0.833. The third-order valence-corrected chi connectivity index (χ3v) is 4.06. The van der Waals surface area contributed by atoms with E-state index in [1.54, 1.807) is 0 Å². The van der Waals surface area contributed by atoms with Gasteiger partial charge in [0.2, 0.25) is 5.91 Å². The molecule has 15 heavy (non-hydrogen) atoms. The van der Waals surface area contributed by atoms with Crippen LogP contribution in [0.5, 0.6) is 0 Å². The fourth-order valence-corrected chi connectivity index (χ4v) is 2.69. The number of nitrogens with zero attached hydrogens (tertiary/aromatic N) is 1. The van der Waals surface area contributed by atoms with Crippen LogP contribution in [-0.2, 0) is 9.59 Å². The third-order valence-electron chi connectivity index (χ3n) is 4.06. The molecule has 0 spiro atoms. The summed E-state index contributed by atoms with van der Waals surface area (Å²) in [6.45, 7) is 0.721. The molecule has 1 amide bonds. The monoisotopic (exact) mass is 207 g/mol. The van der Waals surface area contributed by atoms with E-state index in [1.807, 2.05) is 4.90 Å². The molecule has 3 heteroatoms. The predicted molar refractivity (Wildman–Crippen MR) is 55.2 cm³/mol. The van der Waals surface area contributed by atoms with Crippen molar-refractivity contribution in [3.63, 3.8) is 0 Å². The Labute approximate surface area is 89.8 Å². The number of hydrogen-bond donors (Lipinski definition) is 0. The van der Waals surface area contributed by atoms with Crippen molar-refractivity contribution in [2.75, 3.05) is 6.54 Å². The van der Waals surface area contributed by atoms with Crippen LogP contribution in [-0.4, -0.2) is 29.2 Å². The molecule has 2 aliphatic carbocycles. The first kappa shape index (κ1) is 9.37. The molecule has 3 fully saturated rings. The molecule has 1 atom stereocenters. The van der Waals surface area contributed by atoms with Crippen LogP contribution in [0.15, 0.2) is 0 Å². The second kappa shape index (κ2) is 3.32. The summed E-state index contributed by atoms with van der Waals surface area (Å²) >= 11 is 0. The van der Waals surface area contributed by atoms with Crippen LogP contribution >= 0.6 is 0 Å².